The first-order valence-corrected chi connectivity index (χ1v) is 10.3. The molecule has 0 aliphatic carbocycles. The van der Waals surface area contributed by atoms with Crippen molar-refractivity contribution in [2.45, 2.75) is 56.5 Å². The largest absolute Gasteiger partial charge is 0.463 e. The Balaban J connectivity index is 3.42. The van der Waals surface area contributed by atoms with Gasteiger partial charge in [-0.3, -0.25) is 5.32 Å². The van der Waals surface area contributed by atoms with Crippen LogP contribution in [-0.4, -0.2) is 53.1 Å². The van der Waals surface area contributed by atoms with E-state index in [1.807, 2.05) is 0 Å². The number of oxime groups is 1. The minimum absolute atomic E-state index is 0.164. The number of aliphatic hydroxyl groups is 1. The van der Waals surface area contributed by atoms with Gasteiger partial charge in [0, 0.05) is 17.7 Å². The zero-order valence-electron chi connectivity index (χ0n) is 18.7. The number of esters is 1. The lowest BCUT2D eigenvalue weighted by Gasteiger charge is -2.34. The molecule has 0 bridgehead atoms. The van der Waals surface area contributed by atoms with Gasteiger partial charge in [0.1, 0.15) is 5.17 Å². The van der Waals surface area contributed by atoms with Crippen molar-refractivity contribution in [3.8, 4) is 0 Å². The normalized spacial score (nSPS) is 15.0. The number of rotatable bonds is 9. The van der Waals surface area contributed by atoms with E-state index < -0.39 is 64.9 Å². The third-order valence-electron chi connectivity index (χ3n) is 4.35. The highest BCUT2D eigenvalue weighted by atomic mass is 35.5. The van der Waals surface area contributed by atoms with E-state index in [0.29, 0.717) is 17.4 Å². The first-order valence-electron chi connectivity index (χ1n) is 9.96. The molecule has 210 valence electrons. The Kier molecular flexibility index (Phi) is 10.1. The number of carbonyl (C=O) groups excluding carboxylic acids is 2. The predicted molar refractivity (Wildman–Crippen MR) is 109 cm³/mol. The molecular formula is C19H19ClF9N3O5. The molecule has 8 nitrogen and oxygen atoms in total. The summed E-state index contributed by atoms with van der Waals surface area (Å²) in [6.07, 6.45) is -18.5. The number of ether oxygens (including phenoxy) is 1. The molecule has 0 saturated heterocycles. The van der Waals surface area contributed by atoms with Gasteiger partial charge < -0.3 is 20.0 Å². The van der Waals surface area contributed by atoms with Crippen LogP contribution >= 0.6 is 11.6 Å². The molecule has 0 aromatic heterocycles. The Morgan fingerprint density at radius 3 is 2.03 bits per heavy atom. The van der Waals surface area contributed by atoms with Crippen LogP contribution < -0.4 is 10.6 Å². The van der Waals surface area contributed by atoms with E-state index in [-0.39, 0.29) is 18.9 Å². The number of halogens is 10. The lowest BCUT2D eigenvalue weighted by molar-refractivity contribution is -0.388. The van der Waals surface area contributed by atoms with E-state index in [2.05, 4.69) is 14.7 Å². The molecule has 0 saturated carbocycles. The van der Waals surface area contributed by atoms with E-state index in [9.17, 15) is 54.2 Å². The van der Waals surface area contributed by atoms with Crippen molar-refractivity contribution in [2.75, 3.05) is 11.9 Å². The fourth-order valence-electron chi connectivity index (χ4n) is 2.58. The number of benzene rings is 1. The van der Waals surface area contributed by atoms with E-state index >= 15 is 0 Å². The summed E-state index contributed by atoms with van der Waals surface area (Å²) in [4.78, 5) is 27.6. The van der Waals surface area contributed by atoms with Gasteiger partial charge in [-0.05, 0) is 25.5 Å². The maximum atomic E-state index is 13.5. The first-order chi connectivity index (χ1) is 16.8. The monoisotopic (exact) mass is 575 g/mol. The van der Waals surface area contributed by atoms with Crippen molar-refractivity contribution in [3.05, 3.63) is 29.8 Å². The summed E-state index contributed by atoms with van der Waals surface area (Å²) in [6, 6.07) is 0.0268. The van der Waals surface area contributed by atoms with Crippen LogP contribution in [0.3, 0.4) is 0 Å². The number of hydrogen-bond donors (Lipinski definition) is 3. The Morgan fingerprint density at radius 1 is 1.00 bits per heavy atom. The second-order valence-electron chi connectivity index (χ2n) is 7.07. The molecule has 0 unspecified atom stereocenters. The average Bonchev–Trinajstić information content (AvgIpc) is 2.74. The summed E-state index contributed by atoms with van der Waals surface area (Å²) in [5, 5.41) is 13.8. The number of nitrogens with zero attached hydrogens (tertiary/aromatic N) is 1. The van der Waals surface area contributed by atoms with Gasteiger partial charge in [-0.25, -0.2) is 9.59 Å². The number of carbonyl (C=O) groups is 2. The molecule has 0 aliphatic rings. The van der Waals surface area contributed by atoms with E-state index in [4.69, 9.17) is 11.6 Å². The van der Waals surface area contributed by atoms with E-state index in [1.165, 1.54) is 12.2 Å². The van der Waals surface area contributed by atoms with Crippen LogP contribution in [-0.2, 0) is 20.0 Å². The van der Waals surface area contributed by atoms with Crippen molar-refractivity contribution >= 4 is 34.5 Å². The average molecular weight is 576 g/mol. The molecular weight excluding hydrogens is 557 g/mol. The molecule has 1 aromatic carbocycles. The molecule has 18 heteroatoms. The molecule has 1 aromatic rings. The number of urea groups is 1. The van der Waals surface area contributed by atoms with Crippen molar-refractivity contribution in [1.29, 1.82) is 0 Å². The van der Waals surface area contributed by atoms with Gasteiger partial charge in [-0.15, -0.1) is 0 Å². The summed E-state index contributed by atoms with van der Waals surface area (Å²) < 4.78 is 126. The zero-order chi connectivity index (χ0) is 28.9. The number of hydrogen-bond acceptors (Lipinski definition) is 6. The van der Waals surface area contributed by atoms with Gasteiger partial charge in [0.15, 0.2) is 0 Å². The maximum absolute atomic E-state index is 13.5. The fraction of sp³-hybridized carbons (Fsp3) is 0.526. The van der Waals surface area contributed by atoms with Gasteiger partial charge in [0.05, 0.1) is 6.61 Å². The van der Waals surface area contributed by atoms with Crippen LogP contribution in [0, 0.1) is 0 Å². The highest BCUT2D eigenvalue weighted by Crippen LogP contribution is 2.45. The minimum atomic E-state index is -6.36. The summed E-state index contributed by atoms with van der Waals surface area (Å²) in [6.45, 7) is 2.02. The van der Waals surface area contributed by atoms with E-state index in [1.54, 1.807) is 0 Å². The van der Waals surface area contributed by atoms with Gasteiger partial charge >= 0.3 is 36.3 Å². The quantitative estimate of drug-likeness (QED) is 0.122. The molecule has 0 heterocycles. The smallest absolute Gasteiger partial charge is 0.461 e. The standard InChI is InChI=1S/C19H19ClF9N3O5/c1-3-6-12(20)32-37-16(18(24,25)26,19(27,28)29)31-14(34)30-11-8-5-7-10(9-11)15(35,17(21,22)23)13(33)36-4-2/h5,7-9,35H,3-4,6H2,1-2H3,(H2,30,31,34)/b32-12-/t15-/m1/s1. The molecule has 0 fully saturated rings. The van der Waals surface area contributed by atoms with Crippen LogP contribution in [0.15, 0.2) is 29.4 Å². The van der Waals surface area contributed by atoms with Crippen LogP contribution in [0.2, 0.25) is 0 Å². The van der Waals surface area contributed by atoms with Gasteiger partial charge in [-0.2, -0.15) is 39.5 Å². The third-order valence-corrected chi connectivity index (χ3v) is 4.60. The molecule has 37 heavy (non-hydrogen) atoms. The van der Waals surface area contributed by atoms with Crippen molar-refractivity contribution < 1.29 is 63.8 Å². The lowest BCUT2D eigenvalue weighted by atomic mass is 9.92. The summed E-state index contributed by atoms with van der Waals surface area (Å²) in [5.74, 6) is -2.17. The molecule has 3 N–H and O–H groups in total. The summed E-state index contributed by atoms with van der Waals surface area (Å²) in [7, 11) is 0. The highest BCUT2D eigenvalue weighted by Gasteiger charge is 2.76. The molecule has 1 rings (SSSR count). The minimum Gasteiger partial charge on any atom is -0.463 e. The first kappa shape index (κ1) is 32.1. The Bertz CT molecular complexity index is 985. The molecule has 1 atom stereocenters. The summed E-state index contributed by atoms with van der Waals surface area (Å²) in [5.41, 5.74) is -11.8. The number of amides is 2. The van der Waals surface area contributed by atoms with Crippen LogP contribution in [0.4, 0.5) is 50.0 Å². The van der Waals surface area contributed by atoms with Crippen LogP contribution in [0.5, 0.6) is 0 Å². The lowest BCUT2D eigenvalue weighted by Crippen LogP contribution is -2.69. The van der Waals surface area contributed by atoms with Gasteiger partial charge in [0.25, 0.3) is 5.60 Å². The SMILES string of the molecule is CCC/C(Cl)=N/OC(NC(=O)Nc1cccc([C@@](O)(C(=O)OCC)C(F)(F)F)c1)(C(F)(F)F)C(F)(F)F. The third kappa shape index (κ3) is 7.09. The number of alkyl halides is 9. The van der Waals surface area contributed by atoms with Gasteiger partial charge in [-0.1, -0.05) is 35.8 Å². The summed E-state index contributed by atoms with van der Waals surface area (Å²) >= 11 is 5.41. The second-order valence-corrected chi connectivity index (χ2v) is 7.51. The molecule has 0 aliphatic heterocycles. The molecule has 2 amide bonds. The van der Waals surface area contributed by atoms with Crippen LogP contribution in [0.1, 0.15) is 32.3 Å². The number of anilines is 1. The Hall–Kier alpha value is -2.95. The predicted octanol–water partition coefficient (Wildman–Crippen LogP) is 5.31. The fourth-order valence-corrected chi connectivity index (χ4v) is 2.80. The van der Waals surface area contributed by atoms with Crippen molar-refractivity contribution in [2.24, 2.45) is 5.16 Å². The highest BCUT2D eigenvalue weighted by molar-refractivity contribution is 6.65. The maximum Gasteiger partial charge on any atom is 0.461 e. The Labute approximate surface area is 207 Å². The topological polar surface area (TPSA) is 109 Å². The Morgan fingerprint density at radius 2 is 1.57 bits per heavy atom. The van der Waals surface area contributed by atoms with Crippen molar-refractivity contribution in [3.63, 3.8) is 0 Å². The van der Waals surface area contributed by atoms with Gasteiger partial charge in [0.2, 0.25) is 0 Å². The number of nitrogens with one attached hydrogen (secondary N) is 2. The molecule has 0 spiro atoms. The second kappa shape index (κ2) is 11.6. The zero-order valence-corrected chi connectivity index (χ0v) is 19.5. The van der Waals surface area contributed by atoms with E-state index in [0.717, 1.165) is 13.0 Å². The van der Waals surface area contributed by atoms with Crippen molar-refractivity contribution in [1.82, 2.24) is 5.32 Å². The van der Waals surface area contributed by atoms with Crippen LogP contribution in [0.25, 0.3) is 0 Å². The molecule has 0 radical (unpaired) electrons.